The number of nitrogens with zero attached hydrogens (tertiary/aromatic N) is 4. The van der Waals surface area contributed by atoms with Gasteiger partial charge >= 0.3 is 0 Å². The molecule has 0 aliphatic carbocycles. The minimum atomic E-state index is 0.564. The van der Waals surface area contributed by atoms with Gasteiger partial charge in [0.1, 0.15) is 0 Å². The lowest BCUT2D eigenvalue weighted by Crippen LogP contribution is -2.05. The van der Waals surface area contributed by atoms with Crippen molar-refractivity contribution in [3.63, 3.8) is 0 Å². The molecule has 6 nitrogen and oxygen atoms in total. The molecule has 3 aromatic heterocycles. The SMILES string of the molecule is CCn1cc(Oc2nc3sccn3c2CCN)cn1. The second-order valence-electron chi connectivity index (χ2n) is 4.09. The molecule has 0 saturated carbocycles. The Morgan fingerprint density at radius 1 is 1.47 bits per heavy atom. The Kier molecular flexibility index (Phi) is 3.22. The largest absolute Gasteiger partial charge is 0.434 e. The molecule has 0 bridgehead atoms. The van der Waals surface area contributed by atoms with Gasteiger partial charge in [-0.3, -0.25) is 9.08 Å². The first-order chi connectivity index (χ1) is 9.31. The van der Waals surface area contributed by atoms with E-state index in [2.05, 4.69) is 10.1 Å². The summed E-state index contributed by atoms with van der Waals surface area (Å²) in [4.78, 5) is 5.41. The number of fused-ring (bicyclic) bond motifs is 1. The van der Waals surface area contributed by atoms with Gasteiger partial charge in [-0.15, -0.1) is 11.3 Å². The highest BCUT2D eigenvalue weighted by atomic mass is 32.1. The van der Waals surface area contributed by atoms with Crippen molar-refractivity contribution < 1.29 is 4.74 Å². The molecule has 0 radical (unpaired) electrons. The molecule has 0 unspecified atom stereocenters. The van der Waals surface area contributed by atoms with Crippen LogP contribution in [0, 0.1) is 0 Å². The molecule has 3 aromatic rings. The number of hydrogen-bond acceptors (Lipinski definition) is 5. The minimum absolute atomic E-state index is 0.564. The number of imidazole rings is 1. The lowest BCUT2D eigenvalue weighted by atomic mass is 10.3. The molecule has 7 heteroatoms. The van der Waals surface area contributed by atoms with E-state index in [0.29, 0.717) is 18.2 Å². The first-order valence-electron chi connectivity index (χ1n) is 6.16. The van der Waals surface area contributed by atoms with Crippen LogP contribution in [0.2, 0.25) is 0 Å². The summed E-state index contributed by atoms with van der Waals surface area (Å²) >= 11 is 1.58. The average molecular weight is 277 g/mol. The van der Waals surface area contributed by atoms with Gasteiger partial charge in [0.25, 0.3) is 0 Å². The van der Waals surface area contributed by atoms with Crippen LogP contribution in [0.3, 0.4) is 0 Å². The van der Waals surface area contributed by atoms with Gasteiger partial charge in [0.05, 0.1) is 18.1 Å². The number of hydrogen-bond donors (Lipinski definition) is 1. The lowest BCUT2D eigenvalue weighted by Gasteiger charge is -2.02. The summed E-state index contributed by atoms with van der Waals surface area (Å²) < 4.78 is 9.66. The third-order valence-corrected chi connectivity index (χ3v) is 3.61. The van der Waals surface area contributed by atoms with E-state index >= 15 is 0 Å². The molecular formula is C12H15N5OS. The normalized spacial score (nSPS) is 11.3. The summed E-state index contributed by atoms with van der Waals surface area (Å²) in [7, 11) is 0. The fourth-order valence-electron chi connectivity index (χ4n) is 1.94. The van der Waals surface area contributed by atoms with Crippen molar-refractivity contribution in [1.82, 2.24) is 19.2 Å². The van der Waals surface area contributed by atoms with Crippen LogP contribution in [-0.2, 0) is 13.0 Å². The zero-order valence-electron chi connectivity index (χ0n) is 10.6. The van der Waals surface area contributed by atoms with Gasteiger partial charge in [-0.25, -0.2) is 0 Å². The van der Waals surface area contributed by atoms with Gasteiger partial charge in [-0.2, -0.15) is 10.1 Å². The summed E-state index contributed by atoms with van der Waals surface area (Å²) in [6.45, 7) is 3.41. The molecule has 3 heterocycles. The highest BCUT2D eigenvalue weighted by molar-refractivity contribution is 7.15. The van der Waals surface area contributed by atoms with Crippen molar-refractivity contribution in [1.29, 1.82) is 0 Å². The van der Waals surface area contributed by atoms with Gasteiger partial charge in [0.15, 0.2) is 10.7 Å². The van der Waals surface area contributed by atoms with Gasteiger partial charge in [0, 0.05) is 24.5 Å². The van der Waals surface area contributed by atoms with Gasteiger partial charge < -0.3 is 10.5 Å². The van der Waals surface area contributed by atoms with Crippen LogP contribution in [0.1, 0.15) is 12.6 Å². The smallest absolute Gasteiger partial charge is 0.242 e. The Hall–Kier alpha value is -1.86. The Labute approximate surface area is 114 Å². The van der Waals surface area contributed by atoms with E-state index in [9.17, 15) is 0 Å². The zero-order chi connectivity index (χ0) is 13.2. The van der Waals surface area contributed by atoms with Crippen LogP contribution in [0.15, 0.2) is 24.0 Å². The highest BCUT2D eigenvalue weighted by Crippen LogP contribution is 2.27. The van der Waals surface area contributed by atoms with Crippen molar-refractivity contribution in [2.24, 2.45) is 5.73 Å². The predicted molar refractivity (Wildman–Crippen MR) is 73.8 cm³/mol. The summed E-state index contributed by atoms with van der Waals surface area (Å²) in [5.74, 6) is 1.32. The van der Waals surface area contributed by atoms with Crippen LogP contribution >= 0.6 is 11.3 Å². The topological polar surface area (TPSA) is 70.4 Å². The monoisotopic (exact) mass is 277 g/mol. The number of nitrogens with two attached hydrogens (primary N) is 1. The summed E-state index contributed by atoms with van der Waals surface area (Å²) in [5.41, 5.74) is 6.66. The van der Waals surface area contributed by atoms with E-state index < -0.39 is 0 Å². The quantitative estimate of drug-likeness (QED) is 0.773. The number of ether oxygens (including phenoxy) is 1. The fraction of sp³-hybridized carbons (Fsp3) is 0.333. The average Bonchev–Trinajstić information content (AvgIpc) is 3.09. The van der Waals surface area contributed by atoms with Crippen molar-refractivity contribution in [2.75, 3.05) is 6.54 Å². The molecule has 0 aromatic carbocycles. The number of aryl methyl sites for hydroxylation is 1. The second kappa shape index (κ2) is 5.02. The van der Waals surface area contributed by atoms with Crippen LogP contribution < -0.4 is 10.5 Å². The molecule has 3 rings (SSSR count). The number of aromatic nitrogens is 4. The summed E-state index contributed by atoms with van der Waals surface area (Å²) in [6.07, 6.45) is 6.28. The first-order valence-corrected chi connectivity index (χ1v) is 7.04. The fourth-order valence-corrected chi connectivity index (χ4v) is 2.66. The second-order valence-corrected chi connectivity index (χ2v) is 4.96. The number of rotatable bonds is 5. The highest BCUT2D eigenvalue weighted by Gasteiger charge is 2.15. The van der Waals surface area contributed by atoms with Gasteiger partial charge in [0.2, 0.25) is 5.88 Å². The first kappa shape index (κ1) is 12.2. The molecule has 19 heavy (non-hydrogen) atoms. The molecular weight excluding hydrogens is 262 g/mol. The van der Waals surface area contributed by atoms with E-state index in [-0.39, 0.29) is 0 Å². The van der Waals surface area contributed by atoms with Crippen molar-refractivity contribution in [2.45, 2.75) is 19.9 Å². The maximum Gasteiger partial charge on any atom is 0.242 e. The number of thiazole rings is 1. The molecule has 0 amide bonds. The molecule has 2 N–H and O–H groups in total. The molecule has 0 aliphatic heterocycles. The van der Waals surface area contributed by atoms with E-state index in [1.54, 1.807) is 17.5 Å². The Bertz CT molecular complexity index is 683. The molecule has 0 atom stereocenters. The van der Waals surface area contributed by atoms with Crippen molar-refractivity contribution >= 4 is 16.3 Å². The summed E-state index contributed by atoms with van der Waals surface area (Å²) in [6, 6.07) is 0. The zero-order valence-corrected chi connectivity index (χ0v) is 11.4. The molecule has 0 saturated heterocycles. The third-order valence-electron chi connectivity index (χ3n) is 2.85. The Balaban J connectivity index is 1.94. The predicted octanol–water partition coefficient (Wildman–Crippen LogP) is 1.91. The molecule has 0 aliphatic rings. The van der Waals surface area contributed by atoms with Crippen molar-refractivity contribution in [3.8, 4) is 11.6 Å². The van der Waals surface area contributed by atoms with Gasteiger partial charge in [-0.05, 0) is 13.5 Å². The van der Waals surface area contributed by atoms with Crippen LogP contribution in [0.4, 0.5) is 0 Å². The van der Waals surface area contributed by atoms with Crippen LogP contribution in [0.25, 0.3) is 4.96 Å². The molecule has 0 fully saturated rings. The Morgan fingerprint density at radius 2 is 2.37 bits per heavy atom. The van der Waals surface area contributed by atoms with E-state index in [1.165, 1.54) is 0 Å². The van der Waals surface area contributed by atoms with E-state index in [4.69, 9.17) is 10.5 Å². The standard InChI is InChI=1S/C12H15N5OS/c1-2-16-8-9(7-14-16)18-11-10(3-4-13)17-5-6-19-12(17)15-11/h5-8H,2-4,13H2,1H3. The lowest BCUT2D eigenvalue weighted by molar-refractivity contribution is 0.458. The molecule has 100 valence electrons. The van der Waals surface area contributed by atoms with E-state index in [0.717, 1.165) is 23.6 Å². The Morgan fingerprint density at radius 3 is 3.11 bits per heavy atom. The maximum absolute atomic E-state index is 5.82. The van der Waals surface area contributed by atoms with E-state index in [1.807, 2.05) is 33.8 Å². The minimum Gasteiger partial charge on any atom is -0.434 e. The van der Waals surface area contributed by atoms with Gasteiger partial charge in [-0.1, -0.05) is 0 Å². The third kappa shape index (κ3) is 2.22. The molecule has 0 spiro atoms. The van der Waals surface area contributed by atoms with Crippen LogP contribution in [0.5, 0.6) is 11.6 Å². The van der Waals surface area contributed by atoms with Crippen molar-refractivity contribution in [3.05, 3.63) is 29.7 Å². The maximum atomic E-state index is 5.82. The van der Waals surface area contributed by atoms with Crippen LogP contribution in [-0.4, -0.2) is 25.7 Å². The summed E-state index contributed by atoms with van der Waals surface area (Å²) in [5, 5.41) is 6.18.